The monoisotopic (exact) mass is 281 g/mol. The van der Waals surface area contributed by atoms with Gasteiger partial charge in [-0.2, -0.15) is 5.26 Å². The van der Waals surface area contributed by atoms with Crippen LogP contribution in [-0.4, -0.2) is 63.8 Å². The van der Waals surface area contributed by atoms with Crippen LogP contribution in [0.5, 0.6) is 0 Å². The molecule has 0 bridgehead atoms. The zero-order valence-electron chi connectivity index (χ0n) is 11.2. The first kappa shape index (κ1) is 14.6. The maximum atomic E-state index is 12.5. The summed E-state index contributed by atoms with van der Waals surface area (Å²) in [5, 5.41) is 27.2. The summed E-state index contributed by atoms with van der Waals surface area (Å²) in [6.07, 6.45) is 1.25. The van der Waals surface area contributed by atoms with Crippen molar-refractivity contribution in [2.24, 2.45) is 5.92 Å². The summed E-state index contributed by atoms with van der Waals surface area (Å²) in [6.45, 7) is 0.784. The highest BCUT2D eigenvalue weighted by atomic mass is 16.4. The SMILES string of the molecule is N#C[C@@H]1CCCN1C(=O)[C@@H]1C[C@H](CCO)CN1C(=O)O. The number of rotatable bonds is 3. The van der Waals surface area contributed by atoms with E-state index in [0.717, 1.165) is 11.3 Å². The van der Waals surface area contributed by atoms with Crippen molar-refractivity contribution in [2.75, 3.05) is 19.7 Å². The predicted octanol–water partition coefficient (Wildman–Crippen LogP) is 0.252. The summed E-state index contributed by atoms with van der Waals surface area (Å²) in [5.41, 5.74) is 0. The lowest BCUT2D eigenvalue weighted by Crippen LogP contribution is -2.48. The smallest absolute Gasteiger partial charge is 0.407 e. The Hall–Kier alpha value is -1.81. The van der Waals surface area contributed by atoms with E-state index in [1.54, 1.807) is 0 Å². The quantitative estimate of drug-likeness (QED) is 0.771. The number of aliphatic hydroxyl groups is 1. The van der Waals surface area contributed by atoms with Gasteiger partial charge in [0.25, 0.3) is 0 Å². The maximum Gasteiger partial charge on any atom is 0.407 e. The van der Waals surface area contributed by atoms with Gasteiger partial charge in [0.1, 0.15) is 12.1 Å². The van der Waals surface area contributed by atoms with Crippen molar-refractivity contribution < 1.29 is 19.8 Å². The molecule has 0 aromatic carbocycles. The Labute approximate surface area is 117 Å². The molecule has 2 N–H and O–H groups in total. The van der Waals surface area contributed by atoms with E-state index in [2.05, 4.69) is 6.07 Å². The number of likely N-dealkylation sites (tertiary alicyclic amines) is 2. The number of nitrogens with zero attached hydrogens (tertiary/aromatic N) is 3. The van der Waals surface area contributed by atoms with Crippen LogP contribution in [0.2, 0.25) is 0 Å². The number of hydrogen-bond acceptors (Lipinski definition) is 4. The van der Waals surface area contributed by atoms with Gasteiger partial charge in [0, 0.05) is 19.7 Å². The fraction of sp³-hybridized carbons (Fsp3) is 0.769. The zero-order valence-corrected chi connectivity index (χ0v) is 11.2. The Morgan fingerprint density at radius 1 is 1.35 bits per heavy atom. The third-order valence-corrected chi connectivity index (χ3v) is 4.14. The number of aliphatic hydroxyl groups excluding tert-OH is 1. The molecule has 110 valence electrons. The lowest BCUT2D eigenvalue weighted by Gasteiger charge is -2.27. The number of amides is 2. The minimum absolute atomic E-state index is 0.00758. The van der Waals surface area contributed by atoms with Gasteiger partial charge in [-0.1, -0.05) is 0 Å². The summed E-state index contributed by atoms with van der Waals surface area (Å²) < 4.78 is 0. The summed E-state index contributed by atoms with van der Waals surface area (Å²) in [6, 6.07) is 0.953. The van der Waals surface area contributed by atoms with Gasteiger partial charge in [-0.3, -0.25) is 9.69 Å². The van der Waals surface area contributed by atoms with E-state index in [9.17, 15) is 14.7 Å². The third-order valence-electron chi connectivity index (χ3n) is 4.14. The van der Waals surface area contributed by atoms with Gasteiger partial charge in [-0.05, 0) is 31.6 Å². The summed E-state index contributed by atoms with van der Waals surface area (Å²) in [4.78, 5) is 26.4. The molecule has 0 spiro atoms. The second kappa shape index (κ2) is 6.09. The first-order valence-electron chi connectivity index (χ1n) is 6.89. The molecule has 0 aromatic rings. The maximum absolute atomic E-state index is 12.5. The van der Waals surface area contributed by atoms with Crippen molar-refractivity contribution in [3.05, 3.63) is 0 Å². The fourth-order valence-corrected chi connectivity index (χ4v) is 3.12. The van der Waals surface area contributed by atoms with Crippen molar-refractivity contribution in [1.82, 2.24) is 9.80 Å². The van der Waals surface area contributed by atoms with Crippen LogP contribution in [0.4, 0.5) is 4.79 Å². The van der Waals surface area contributed by atoms with Crippen molar-refractivity contribution in [1.29, 1.82) is 5.26 Å². The van der Waals surface area contributed by atoms with Crippen LogP contribution in [0.25, 0.3) is 0 Å². The molecule has 2 amide bonds. The Morgan fingerprint density at radius 2 is 2.10 bits per heavy atom. The van der Waals surface area contributed by atoms with Crippen LogP contribution in [-0.2, 0) is 4.79 Å². The highest BCUT2D eigenvalue weighted by Gasteiger charge is 2.43. The molecule has 2 aliphatic heterocycles. The molecule has 20 heavy (non-hydrogen) atoms. The topological polar surface area (TPSA) is 105 Å². The average Bonchev–Trinajstić information content (AvgIpc) is 3.04. The normalized spacial score (nSPS) is 29.5. The molecule has 7 heteroatoms. The standard InChI is InChI=1S/C13H19N3O4/c14-7-10-2-1-4-15(10)12(18)11-6-9(3-5-17)8-16(11)13(19)20/h9-11,17H,1-6,8H2,(H,19,20)/t9-,10-,11-/m0/s1. The molecular formula is C13H19N3O4. The van der Waals surface area contributed by atoms with E-state index in [-0.39, 0.29) is 25.0 Å². The summed E-state index contributed by atoms with van der Waals surface area (Å²) in [5.74, 6) is -0.259. The third kappa shape index (κ3) is 2.70. The minimum atomic E-state index is -1.11. The summed E-state index contributed by atoms with van der Waals surface area (Å²) >= 11 is 0. The Bertz CT molecular complexity index is 434. The zero-order chi connectivity index (χ0) is 14.7. The van der Waals surface area contributed by atoms with Gasteiger partial charge in [-0.15, -0.1) is 0 Å². The predicted molar refractivity (Wildman–Crippen MR) is 68.7 cm³/mol. The molecule has 0 aromatic heterocycles. The van der Waals surface area contributed by atoms with Gasteiger partial charge in [0.2, 0.25) is 5.91 Å². The van der Waals surface area contributed by atoms with E-state index in [0.29, 0.717) is 25.8 Å². The molecule has 0 radical (unpaired) electrons. The van der Waals surface area contributed by atoms with Gasteiger partial charge in [-0.25, -0.2) is 4.79 Å². The van der Waals surface area contributed by atoms with Gasteiger partial charge in [0.15, 0.2) is 0 Å². The molecule has 2 heterocycles. The van der Waals surface area contributed by atoms with Crippen molar-refractivity contribution in [2.45, 2.75) is 37.8 Å². The fourth-order valence-electron chi connectivity index (χ4n) is 3.12. The molecule has 3 atom stereocenters. The van der Waals surface area contributed by atoms with Crippen molar-refractivity contribution in [3.8, 4) is 6.07 Å². The first-order chi connectivity index (χ1) is 9.58. The average molecular weight is 281 g/mol. The van der Waals surface area contributed by atoms with Crippen LogP contribution < -0.4 is 0 Å². The molecule has 0 unspecified atom stereocenters. The van der Waals surface area contributed by atoms with Gasteiger partial charge >= 0.3 is 6.09 Å². The van der Waals surface area contributed by atoms with E-state index in [1.807, 2.05) is 0 Å². The molecule has 0 aliphatic carbocycles. The van der Waals surface area contributed by atoms with E-state index >= 15 is 0 Å². The Kier molecular flexibility index (Phi) is 4.45. The molecular weight excluding hydrogens is 262 g/mol. The van der Waals surface area contributed by atoms with E-state index in [4.69, 9.17) is 10.4 Å². The van der Waals surface area contributed by atoms with Crippen molar-refractivity contribution >= 4 is 12.0 Å². The molecule has 7 nitrogen and oxygen atoms in total. The molecule has 2 aliphatic rings. The number of hydrogen-bond donors (Lipinski definition) is 2. The lowest BCUT2D eigenvalue weighted by molar-refractivity contribution is -0.135. The van der Waals surface area contributed by atoms with Crippen LogP contribution in [0.15, 0.2) is 0 Å². The summed E-state index contributed by atoms with van der Waals surface area (Å²) in [7, 11) is 0. The Balaban J connectivity index is 2.10. The highest BCUT2D eigenvalue weighted by Crippen LogP contribution is 2.29. The van der Waals surface area contributed by atoms with Gasteiger partial charge in [0.05, 0.1) is 6.07 Å². The van der Waals surface area contributed by atoms with E-state index in [1.165, 1.54) is 4.90 Å². The van der Waals surface area contributed by atoms with Crippen molar-refractivity contribution in [3.63, 3.8) is 0 Å². The number of carbonyl (C=O) groups is 2. The highest BCUT2D eigenvalue weighted by molar-refractivity contribution is 5.86. The van der Waals surface area contributed by atoms with Crippen LogP contribution in [0, 0.1) is 17.2 Å². The molecule has 2 saturated heterocycles. The number of nitriles is 1. The Morgan fingerprint density at radius 3 is 2.70 bits per heavy atom. The van der Waals surface area contributed by atoms with E-state index < -0.39 is 18.2 Å². The number of carbonyl (C=O) groups excluding carboxylic acids is 1. The van der Waals surface area contributed by atoms with Crippen LogP contribution in [0.1, 0.15) is 25.7 Å². The largest absolute Gasteiger partial charge is 0.465 e. The second-order valence-electron chi connectivity index (χ2n) is 5.38. The minimum Gasteiger partial charge on any atom is -0.465 e. The molecule has 0 saturated carbocycles. The van der Waals surface area contributed by atoms with Gasteiger partial charge < -0.3 is 15.1 Å². The second-order valence-corrected chi connectivity index (χ2v) is 5.38. The number of carboxylic acid groups (broad SMARTS) is 1. The molecule has 2 rings (SSSR count). The van der Waals surface area contributed by atoms with Crippen LogP contribution >= 0.6 is 0 Å². The molecule has 2 fully saturated rings. The first-order valence-corrected chi connectivity index (χ1v) is 6.89. The van der Waals surface area contributed by atoms with Crippen LogP contribution in [0.3, 0.4) is 0 Å². The lowest BCUT2D eigenvalue weighted by atomic mass is 10.0.